The summed E-state index contributed by atoms with van der Waals surface area (Å²) in [5.41, 5.74) is 3.45. The van der Waals surface area contributed by atoms with Crippen molar-refractivity contribution in [2.75, 3.05) is 5.75 Å². The average Bonchev–Trinajstić information content (AvgIpc) is 3.23. The molecule has 3 aromatic carbocycles. The first-order chi connectivity index (χ1) is 13.7. The maximum atomic E-state index is 13.7. The summed E-state index contributed by atoms with van der Waals surface area (Å²) in [7, 11) is 0. The SMILES string of the molecule is CCSc1sc2c(c1C(=O)c1cccc3ccccc13)C(=O)c1ccccc1-2. The summed E-state index contributed by atoms with van der Waals surface area (Å²) in [4.78, 5) is 27.8. The number of thiophene rings is 1. The van der Waals surface area contributed by atoms with E-state index >= 15 is 0 Å². The van der Waals surface area contributed by atoms with E-state index in [1.807, 2.05) is 66.7 Å². The highest BCUT2D eigenvalue weighted by atomic mass is 32.2. The van der Waals surface area contributed by atoms with Gasteiger partial charge in [0.1, 0.15) is 0 Å². The monoisotopic (exact) mass is 400 g/mol. The van der Waals surface area contributed by atoms with Crippen molar-refractivity contribution < 1.29 is 9.59 Å². The van der Waals surface area contributed by atoms with Gasteiger partial charge in [-0.1, -0.05) is 73.7 Å². The summed E-state index contributed by atoms with van der Waals surface area (Å²) in [5, 5.41) is 1.95. The Morgan fingerprint density at radius 2 is 1.64 bits per heavy atom. The minimum Gasteiger partial charge on any atom is -0.289 e. The maximum Gasteiger partial charge on any atom is 0.196 e. The standard InChI is InChI=1S/C24H16O2S2/c1-2-27-24-20(19-21(25)17-11-5-6-12-18(17)23(19)28-24)22(26)16-13-7-9-14-8-3-4-10-15(14)16/h3-13H,2H2,1H3. The molecular weight excluding hydrogens is 384 g/mol. The number of fused-ring (bicyclic) bond motifs is 4. The summed E-state index contributed by atoms with van der Waals surface area (Å²) >= 11 is 3.21. The third kappa shape index (κ3) is 2.49. The molecule has 28 heavy (non-hydrogen) atoms. The predicted octanol–water partition coefficient (Wildman–Crippen LogP) is 6.46. The second kappa shape index (κ2) is 6.73. The lowest BCUT2D eigenvalue weighted by atomic mass is 9.95. The van der Waals surface area contributed by atoms with E-state index in [2.05, 4.69) is 6.92 Å². The molecule has 136 valence electrons. The summed E-state index contributed by atoms with van der Waals surface area (Å²) in [6, 6.07) is 21.3. The molecule has 0 radical (unpaired) electrons. The van der Waals surface area contributed by atoms with Gasteiger partial charge in [-0.05, 0) is 16.5 Å². The lowest BCUT2D eigenvalue weighted by Gasteiger charge is -2.08. The Kier molecular flexibility index (Phi) is 4.18. The third-order valence-corrected chi connectivity index (χ3v) is 7.43. The van der Waals surface area contributed by atoms with Crippen LogP contribution >= 0.6 is 23.1 Å². The second-order valence-corrected chi connectivity index (χ2v) is 9.19. The lowest BCUT2D eigenvalue weighted by Crippen LogP contribution is -2.08. The highest BCUT2D eigenvalue weighted by Gasteiger charge is 2.36. The van der Waals surface area contributed by atoms with Crippen molar-refractivity contribution in [2.24, 2.45) is 0 Å². The van der Waals surface area contributed by atoms with Gasteiger partial charge in [-0.3, -0.25) is 9.59 Å². The van der Waals surface area contributed by atoms with Gasteiger partial charge in [-0.2, -0.15) is 0 Å². The quantitative estimate of drug-likeness (QED) is 0.257. The minimum atomic E-state index is -0.0635. The molecule has 0 atom stereocenters. The van der Waals surface area contributed by atoms with Crippen LogP contribution in [-0.2, 0) is 0 Å². The highest BCUT2D eigenvalue weighted by Crippen LogP contribution is 2.49. The molecule has 0 saturated heterocycles. The number of benzene rings is 3. The Morgan fingerprint density at radius 3 is 2.46 bits per heavy atom. The molecule has 1 aromatic heterocycles. The first-order valence-corrected chi connectivity index (χ1v) is 11.0. The fourth-order valence-electron chi connectivity index (χ4n) is 3.83. The molecule has 4 heteroatoms. The molecule has 0 fully saturated rings. The van der Waals surface area contributed by atoms with E-state index in [0.29, 0.717) is 22.3 Å². The molecular formula is C24H16O2S2. The molecule has 4 aromatic rings. The molecule has 1 aliphatic rings. The van der Waals surface area contributed by atoms with Crippen LogP contribution in [0.15, 0.2) is 70.9 Å². The number of thioether (sulfide) groups is 1. The summed E-state index contributed by atoms with van der Waals surface area (Å²) in [6.45, 7) is 2.07. The van der Waals surface area contributed by atoms with E-state index in [1.165, 1.54) is 0 Å². The van der Waals surface area contributed by atoms with Crippen LogP contribution in [0.4, 0.5) is 0 Å². The molecule has 2 nitrogen and oxygen atoms in total. The maximum absolute atomic E-state index is 13.7. The third-order valence-electron chi connectivity index (χ3n) is 5.06. The molecule has 0 N–H and O–H groups in total. The van der Waals surface area contributed by atoms with Gasteiger partial charge in [0.15, 0.2) is 11.6 Å². The van der Waals surface area contributed by atoms with Crippen LogP contribution in [0, 0.1) is 0 Å². The van der Waals surface area contributed by atoms with Crippen molar-refractivity contribution in [1.29, 1.82) is 0 Å². The molecule has 1 aliphatic carbocycles. The van der Waals surface area contributed by atoms with Gasteiger partial charge in [0.05, 0.1) is 15.3 Å². The molecule has 0 aliphatic heterocycles. The first kappa shape index (κ1) is 17.4. The van der Waals surface area contributed by atoms with Crippen molar-refractivity contribution in [2.45, 2.75) is 11.1 Å². The number of hydrogen-bond donors (Lipinski definition) is 0. The van der Waals surface area contributed by atoms with E-state index in [4.69, 9.17) is 0 Å². The summed E-state index contributed by atoms with van der Waals surface area (Å²) < 4.78 is 0.938. The van der Waals surface area contributed by atoms with Crippen molar-refractivity contribution in [1.82, 2.24) is 0 Å². The molecule has 1 heterocycles. The van der Waals surface area contributed by atoms with Crippen LogP contribution in [-0.4, -0.2) is 17.3 Å². The van der Waals surface area contributed by atoms with Crippen molar-refractivity contribution in [3.8, 4) is 10.4 Å². The highest BCUT2D eigenvalue weighted by molar-refractivity contribution is 8.01. The van der Waals surface area contributed by atoms with E-state index in [-0.39, 0.29) is 11.6 Å². The molecule has 0 amide bonds. The Labute approximate surface area is 171 Å². The smallest absolute Gasteiger partial charge is 0.196 e. The van der Waals surface area contributed by atoms with Gasteiger partial charge in [-0.25, -0.2) is 0 Å². The van der Waals surface area contributed by atoms with Crippen LogP contribution in [0.5, 0.6) is 0 Å². The second-order valence-electron chi connectivity index (χ2n) is 6.63. The molecule has 0 spiro atoms. The number of ketones is 2. The molecule has 0 unspecified atom stereocenters. The summed E-state index contributed by atoms with van der Waals surface area (Å²) in [5.74, 6) is 0.755. The minimum absolute atomic E-state index is 0.0339. The number of carbonyl (C=O) groups excluding carboxylic acids is 2. The Bertz CT molecular complexity index is 1260. The van der Waals surface area contributed by atoms with Gasteiger partial charge in [0, 0.05) is 21.6 Å². The normalized spacial score (nSPS) is 12.2. The molecule has 5 rings (SSSR count). The number of rotatable bonds is 4. The van der Waals surface area contributed by atoms with Crippen molar-refractivity contribution in [3.05, 3.63) is 89.0 Å². The zero-order valence-electron chi connectivity index (χ0n) is 15.2. The fraction of sp³-hybridized carbons (Fsp3) is 0.0833. The summed E-state index contributed by atoms with van der Waals surface area (Å²) in [6.07, 6.45) is 0. The van der Waals surface area contributed by atoms with Crippen LogP contribution in [0.25, 0.3) is 21.2 Å². The van der Waals surface area contributed by atoms with Gasteiger partial charge < -0.3 is 0 Å². The van der Waals surface area contributed by atoms with Gasteiger partial charge in [0.2, 0.25) is 0 Å². The van der Waals surface area contributed by atoms with Crippen LogP contribution in [0.3, 0.4) is 0 Å². The Morgan fingerprint density at radius 1 is 0.929 bits per heavy atom. The molecule has 0 saturated carbocycles. The zero-order chi connectivity index (χ0) is 19.3. The van der Waals surface area contributed by atoms with E-state index < -0.39 is 0 Å². The van der Waals surface area contributed by atoms with E-state index in [1.54, 1.807) is 23.1 Å². The van der Waals surface area contributed by atoms with Gasteiger partial charge in [-0.15, -0.1) is 23.1 Å². The van der Waals surface area contributed by atoms with Crippen LogP contribution in [0.2, 0.25) is 0 Å². The predicted molar refractivity (Wildman–Crippen MR) is 117 cm³/mol. The Balaban J connectivity index is 1.76. The first-order valence-electron chi connectivity index (χ1n) is 9.17. The van der Waals surface area contributed by atoms with Crippen LogP contribution in [0.1, 0.15) is 38.8 Å². The largest absolute Gasteiger partial charge is 0.289 e. The molecule has 0 bridgehead atoms. The average molecular weight is 401 g/mol. The fourth-order valence-corrected chi connectivity index (χ4v) is 6.34. The van der Waals surface area contributed by atoms with E-state index in [0.717, 1.165) is 31.2 Å². The lowest BCUT2D eigenvalue weighted by molar-refractivity contribution is 0.101. The van der Waals surface area contributed by atoms with Crippen LogP contribution < -0.4 is 0 Å². The van der Waals surface area contributed by atoms with Gasteiger partial charge in [0.25, 0.3) is 0 Å². The number of carbonyl (C=O) groups is 2. The van der Waals surface area contributed by atoms with Gasteiger partial charge >= 0.3 is 0 Å². The van der Waals surface area contributed by atoms with Crippen molar-refractivity contribution in [3.63, 3.8) is 0 Å². The topological polar surface area (TPSA) is 34.1 Å². The number of hydrogen-bond acceptors (Lipinski definition) is 4. The van der Waals surface area contributed by atoms with Crippen molar-refractivity contribution >= 4 is 45.4 Å². The Hall–Kier alpha value is -2.69. The van der Waals surface area contributed by atoms with E-state index in [9.17, 15) is 9.59 Å². The zero-order valence-corrected chi connectivity index (χ0v) is 16.8.